The van der Waals surface area contributed by atoms with Gasteiger partial charge in [0, 0.05) is 5.02 Å². The van der Waals surface area contributed by atoms with Gasteiger partial charge in [-0.2, -0.15) is 5.10 Å². The maximum Gasteiger partial charge on any atom is 0.141 e. The van der Waals surface area contributed by atoms with Gasteiger partial charge in [-0.3, -0.25) is 0 Å². The number of hydrogen-bond acceptors (Lipinski definition) is 3. The second-order valence-electron chi connectivity index (χ2n) is 3.33. The van der Waals surface area contributed by atoms with Crippen LogP contribution in [0.4, 0.5) is 5.82 Å². The second kappa shape index (κ2) is 5.21. The summed E-state index contributed by atoms with van der Waals surface area (Å²) in [5.74, 6) is 1.55. The molecule has 0 unspecified atom stereocenters. The Morgan fingerprint density at radius 3 is 2.82 bits per heavy atom. The van der Waals surface area contributed by atoms with E-state index in [1.165, 1.54) is 0 Å². The van der Waals surface area contributed by atoms with E-state index in [4.69, 9.17) is 28.9 Å². The molecular formula is C11H11Cl2N3S. The first-order valence-corrected chi connectivity index (χ1v) is 6.79. The molecule has 0 aliphatic carbocycles. The maximum absolute atomic E-state index is 6.11. The summed E-state index contributed by atoms with van der Waals surface area (Å²) in [5.41, 5.74) is 6.75. The summed E-state index contributed by atoms with van der Waals surface area (Å²) < 4.78 is 1.62. The van der Waals surface area contributed by atoms with Crippen LogP contribution in [0.3, 0.4) is 0 Å². The van der Waals surface area contributed by atoms with Crippen molar-refractivity contribution in [2.75, 3.05) is 11.5 Å². The van der Waals surface area contributed by atoms with E-state index in [2.05, 4.69) is 12.0 Å². The summed E-state index contributed by atoms with van der Waals surface area (Å²) >= 11 is 13.6. The molecule has 2 N–H and O–H groups in total. The molecule has 0 saturated carbocycles. The fourth-order valence-electron chi connectivity index (χ4n) is 1.45. The van der Waals surface area contributed by atoms with Gasteiger partial charge in [0.05, 0.1) is 21.8 Å². The predicted octanol–water partition coefficient (Wildman–Crippen LogP) is 3.87. The molecule has 1 aromatic carbocycles. The smallest absolute Gasteiger partial charge is 0.141 e. The number of hydrogen-bond donors (Lipinski definition) is 1. The quantitative estimate of drug-likeness (QED) is 0.872. The number of benzene rings is 1. The van der Waals surface area contributed by atoms with Crippen molar-refractivity contribution in [3.8, 4) is 5.69 Å². The highest BCUT2D eigenvalue weighted by Crippen LogP contribution is 2.30. The van der Waals surface area contributed by atoms with E-state index in [0.29, 0.717) is 15.9 Å². The minimum absolute atomic E-state index is 0.528. The highest BCUT2D eigenvalue weighted by molar-refractivity contribution is 7.99. The lowest BCUT2D eigenvalue weighted by Crippen LogP contribution is -2.02. The van der Waals surface area contributed by atoms with E-state index in [9.17, 15) is 0 Å². The Bertz CT molecular complexity index is 540. The molecule has 17 heavy (non-hydrogen) atoms. The van der Waals surface area contributed by atoms with E-state index in [0.717, 1.165) is 16.3 Å². The number of anilines is 1. The Morgan fingerprint density at radius 1 is 1.41 bits per heavy atom. The minimum Gasteiger partial charge on any atom is -0.383 e. The van der Waals surface area contributed by atoms with Crippen molar-refractivity contribution in [1.29, 1.82) is 0 Å². The van der Waals surface area contributed by atoms with Gasteiger partial charge >= 0.3 is 0 Å². The van der Waals surface area contributed by atoms with Crippen LogP contribution in [0.1, 0.15) is 6.92 Å². The Labute approximate surface area is 114 Å². The van der Waals surface area contributed by atoms with Crippen molar-refractivity contribution in [3.63, 3.8) is 0 Å². The third-order valence-corrected chi connectivity index (χ3v) is 3.66. The zero-order valence-electron chi connectivity index (χ0n) is 9.15. The second-order valence-corrected chi connectivity index (χ2v) is 5.48. The lowest BCUT2D eigenvalue weighted by molar-refractivity contribution is 0.891. The molecule has 0 spiro atoms. The fourth-order valence-corrected chi connectivity index (χ4v) is 2.61. The largest absolute Gasteiger partial charge is 0.383 e. The Morgan fingerprint density at radius 2 is 2.18 bits per heavy atom. The molecule has 1 aromatic heterocycles. The average molecular weight is 288 g/mol. The van der Waals surface area contributed by atoms with Crippen LogP contribution < -0.4 is 5.73 Å². The van der Waals surface area contributed by atoms with Crippen LogP contribution in [-0.4, -0.2) is 15.5 Å². The van der Waals surface area contributed by atoms with Crippen LogP contribution in [0, 0.1) is 0 Å². The van der Waals surface area contributed by atoms with Crippen LogP contribution in [0.15, 0.2) is 29.3 Å². The first-order chi connectivity index (χ1) is 8.13. The molecule has 2 aromatic rings. The number of thioether (sulfide) groups is 1. The van der Waals surface area contributed by atoms with Crippen molar-refractivity contribution in [2.24, 2.45) is 0 Å². The Kier molecular flexibility index (Phi) is 3.86. The zero-order chi connectivity index (χ0) is 12.4. The van der Waals surface area contributed by atoms with E-state index >= 15 is 0 Å². The number of halogens is 2. The van der Waals surface area contributed by atoms with Crippen LogP contribution in [0.5, 0.6) is 0 Å². The molecule has 0 atom stereocenters. The van der Waals surface area contributed by atoms with Gasteiger partial charge in [-0.05, 0) is 24.0 Å². The van der Waals surface area contributed by atoms with Crippen molar-refractivity contribution in [3.05, 3.63) is 34.4 Å². The SMILES string of the molecule is CCSc1cnn(-c2ccc(Cl)cc2Cl)c1N. The Balaban J connectivity index is 2.46. The molecule has 0 saturated heterocycles. The lowest BCUT2D eigenvalue weighted by Gasteiger charge is -2.07. The lowest BCUT2D eigenvalue weighted by atomic mass is 10.3. The number of rotatable bonds is 3. The monoisotopic (exact) mass is 287 g/mol. The molecule has 1 heterocycles. The summed E-state index contributed by atoms with van der Waals surface area (Å²) in [5, 5.41) is 5.36. The molecule has 0 radical (unpaired) electrons. The molecule has 0 amide bonds. The van der Waals surface area contributed by atoms with E-state index in [1.807, 2.05) is 0 Å². The van der Waals surface area contributed by atoms with Crippen molar-refractivity contribution >= 4 is 40.8 Å². The van der Waals surface area contributed by atoms with Crippen LogP contribution in [-0.2, 0) is 0 Å². The van der Waals surface area contributed by atoms with Gasteiger partial charge in [0.1, 0.15) is 5.82 Å². The van der Waals surface area contributed by atoms with Crippen molar-refractivity contribution in [1.82, 2.24) is 9.78 Å². The van der Waals surface area contributed by atoms with Gasteiger partial charge < -0.3 is 5.73 Å². The number of aromatic nitrogens is 2. The zero-order valence-corrected chi connectivity index (χ0v) is 11.5. The van der Waals surface area contributed by atoms with Crippen LogP contribution >= 0.6 is 35.0 Å². The van der Waals surface area contributed by atoms with Gasteiger partial charge in [0.15, 0.2) is 0 Å². The first kappa shape index (κ1) is 12.6. The van der Waals surface area contributed by atoms with Gasteiger partial charge in [-0.1, -0.05) is 30.1 Å². The van der Waals surface area contributed by atoms with Crippen molar-refractivity contribution in [2.45, 2.75) is 11.8 Å². The molecule has 0 bridgehead atoms. The predicted molar refractivity (Wildman–Crippen MR) is 74.4 cm³/mol. The van der Waals surface area contributed by atoms with Gasteiger partial charge in [-0.25, -0.2) is 4.68 Å². The van der Waals surface area contributed by atoms with E-state index < -0.39 is 0 Å². The summed E-state index contributed by atoms with van der Waals surface area (Å²) in [7, 11) is 0. The minimum atomic E-state index is 0.528. The first-order valence-electron chi connectivity index (χ1n) is 5.05. The van der Waals surface area contributed by atoms with Crippen LogP contribution in [0.25, 0.3) is 5.69 Å². The normalized spacial score (nSPS) is 10.8. The Hall–Kier alpha value is -0.840. The molecule has 90 valence electrons. The van der Waals surface area contributed by atoms with Crippen LogP contribution in [0.2, 0.25) is 10.0 Å². The summed E-state index contributed by atoms with van der Waals surface area (Å²) in [6, 6.07) is 5.23. The molecule has 0 aliphatic rings. The molecule has 3 nitrogen and oxygen atoms in total. The fraction of sp³-hybridized carbons (Fsp3) is 0.182. The highest BCUT2D eigenvalue weighted by atomic mass is 35.5. The number of nitrogens with zero attached hydrogens (tertiary/aromatic N) is 2. The van der Waals surface area contributed by atoms with E-state index in [-0.39, 0.29) is 0 Å². The van der Waals surface area contributed by atoms with Crippen molar-refractivity contribution < 1.29 is 0 Å². The maximum atomic E-state index is 6.11. The summed E-state index contributed by atoms with van der Waals surface area (Å²) in [4.78, 5) is 0.957. The topological polar surface area (TPSA) is 43.8 Å². The molecule has 6 heteroatoms. The third-order valence-electron chi connectivity index (χ3n) is 2.21. The van der Waals surface area contributed by atoms with Gasteiger partial charge in [-0.15, -0.1) is 11.8 Å². The number of nitrogen functional groups attached to an aromatic ring is 1. The summed E-state index contributed by atoms with van der Waals surface area (Å²) in [6.07, 6.45) is 1.74. The van der Waals surface area contributed by atoms with Gasteiger partial charge in [0.25, 0.3) is 0 Å². The summed E-state index contributed by atoms with van der Waals surface area (Å²) in [6.45, 7) is 2.07. The van der Waals surface area contributed by atoms with E-state index in [1.54, 1.807) is 40.8 Å². The van der Waals surface area contributed by atoms with Gasteiger partial charge in [0.2, 0.25) is 0 Å². The molecule has 0 aliphatic heterocycles. The highest BCUT2D eigenvalue weighted by Gasteiger charge is 2.11. The number of nitrogens with two attached hydrogens (primary N) is 1. The third kappa shape index (κ3) is 2.54. The molecule has 0 fully saturated rings. The molecular weight excluding hydrogens is 277 g/mol. The standard InChI is InChI=1S/C11H11Cl2N3S/c1-2-17-10-6-15-16(11(10)14)9-4-3-7(12)5-8(9)13/h3-6H,2,14H2,1H3. The molecule has 2 rings (SSSR count). The average Bonchev–Trinajstić information content (AvgIpc) is 2.62.